The van der Waals surface area contributed by atoms with Gasteiger partial charge in [0.2, 0.25) is 5.70 Å². The molecule has 7 nitrogen and oxygen atoms in total. The van der Waals surface area contributed by atoms with E-state index >= 15 is 0 Å². The van der Waals surface area contributed by atoms with Crippen LogP contribution in [-0.2, 0) is 11.3 Å². The number of benzene rings is 2. The summed E-state index contributed by atoms with van der Waals surface area (Å²) in [5.41, 5.74) is 8.07. The summed E-state index contributed by atoms with van der Waals surface area (Å²) in [5, 5.41) is 3.76. The molecule has 3 heterocycles. The summed E-state index contributed by atoms with van der Waals surface area (Å²) in [6, 6.07) is 13.0. The molecule has 0 atom stereocenters. The molecule has 0 saturated carbocycles. The smallest absolute Gasteiger partial charge is 0.310 e. The minimum Gasteiger partial charge on any atom is -0.368 e. The lowest BCUT2D eigenvalue weighted by Crippen LogP contribution is -2.94. The summed E-state index contributed by atoms with van der Waals surface area (Å²) in [5.74, 6) is 0.293. The topological polar surface area (TPSA) is 67.5 Å². The molecule has 3 aliphatic rings. The Hall–Kier alpha value is -2.94. The summed E-state index contributed by atoms with van der Waals surface area (Å²) in [6.07, 6.45) is 1.88. The molecule has 2 aromatic rings. The number of carbonyl (C=O) groups is 1. The molecule has 0 aliphatic carbocycles. The molecule has 1 saturated heterocycles. The molecule has 10 heteroatoms. The van der Waals surface area contributed by atoms with Crippen molar-refractivity contribution in [2.45, 2.75) is 6.54 Å². The van der Waals surface area contributed by atoms with Gasteiger partial charge in [0.15, 0.2) is 5.82 Å². The molecule has 5 rings (SSSR count). The normalized spacial score (nSPS) is 18.2. The standard InChI is InChI=1S/C24H25Cl2FN6O/c25-18-6-7-19(27)22(26)17(18)15-33-9-8-28-23-21(33)14-20(29-30-23)24(34)32-12-10-31(11-13-32)16-4-2-1-3-5-16/h1-7,14,28-30H,8-13,15H2/p+1. The lowest BCUT2D eigenvalue weighted by atomic mass is 10.1. The minimum absolute atomic E-state index is 0.0147. The molecule has 178 valence electrons. The van der Waals surface area contributed by atoms with Gasteiger partial charge >= 0.3 is 5.91 Å². The Labute approximate surface area is 207 Å². The predicted octanol–water partition coefficient (Wildman–Crippen LogP) is 2.02. The average Bonchev–Trinajstić information content (AvgIpc) is 2.89. The predicted molar refractivity (Wildman–Crippen MR) is 130 cm³/mol. The second-order valence-corrected chi connectivity index (χ2v) is 9.22. The van der Waals surface area contributed by atoms with E-state index in [9.17, 15) is 9.18 Å². The van der Waals surface area contributed by atoms with Gasteiger partial charge in [0.05, 0.1) is 10.7 Å². The summed E-state index contributed by atoms with van der Waals surface area (Å²) >= 11 is 12.5. The van der Waals surface area contributed by atoms with Gasteiger partial charge in [0.25, 0.3) is 0 Å². The van der Waals surface area contributed by atoms with Gasteiger partial charge in [-0.3, -0.25) is 4.79 Å². The van der Waals surface area contributed by atoms with E-state index in [0.29, 0.717) is 49.0 Å². The van der Waals surface area contributed by atoms with E-state index in [4.69, 9.17) is 23.2 Å². The molecule has 0 radical (unpaired) electrons. The van der Waals surface area contributed by atoms with Crippen molar-refractivity contribution >= 4 is 34.8 Å². The number of hydrogen-bond acceptors (Lipinski definition) is 5. The quantitative estimate of drug-likeness (QED) is 0.440. The fourth-order valence-electron chi connectivity index (χ4n) is 4.49. The zero-order valence-electron chi connectivity index (χ0n) is 18.5. The van der Waals surface area contributed by atoms with Crippen molar-refractivity contribution in [1.82, 2.24) is 20.5 Å². The van der Waals surface area contributed by atoms with Crippen LogP contribution in [0.1, 0.15) is 5.56 Å². The zero-order chi connectivity index (χ0) is 23.7. The van der Waals surface area contributed by atoms with Crippen molar-refractivity contribution in [2.75, 3.05) is 44.2 Å². The highest BCUT2D eigenvalue weighted by molar-refractivity contribution is 6.36. The zero-order valence-corrected chi connectivity index (χ0v) is 20.0. The van der Waals surface area contributed by atoms with E-state index in [2.05, 4.69) is 32.7 Å². The summed E-state index contributed by atoms with van der Waals surface area (Å²) in [6.45, 7) is 4.58. The molecule has 0 bridgehead atoms. The highest BCUT2D eigenvalue weighted by Gasteiger charge is 2.32. The fourth-order valence-corrected chi connectivity index (χ4v) is 4.98. The molecule has 4 N–H and O–H groups in total. The van der Waals surface area contributed by atoms with E-state index in [1.54, 1.807) is 5.43 Å². The Morgan fingerprint density at radius 2 is 1.79 bits per heavy atom. The van der Waals surface area contributed by atoms with Gasteiger partial charge in [-0.05, 0) is 24.3 Å². The molecular formula is C24H26Cl2FN6O+. The van der Waals surface area contributed by atoms with Crippen LogP contribution in [0.4, 0.5) is 10.1 Å². The van der Waals surface area contributed by atoms with E-state index in [1.807, 2.05) is 29.2 Å². The maximum Gasteiger partial charge on any atom is 0.310 e. The molecule has 1 fully saturated rings. The molecule has 1 amide bonds. The summed E-state index contributed by atoms with van der Waals surface area (Å²) < 4.78 is 14.0. The van der Waals surface area contributed by atoms with E-state index < -0.39 is 5.82 Å². The lowest BCUT2D eigenvalue weighted by Gasteiger charge is -2.37. The van der Waals surface area contributed by atoms with Gasteiger partial charge in [0.1, 0.15) is 5.82 Å². The highest BCUT2D eigenvalue weighted by Crippen LogP contribution is 2.30. The number of anilines is 1. The van der Waals surface area contributed by atoms with E-state index in [1.165, 1.54) is 17.8 Å². The molecule has 0 spiro atoms. The monoisotopic (exact) mass is 503 g/mol. The Morgan fingerprint density at radius 1 is 1.03 bits per heavy atom. The fraction of sp³-hybridized carbons (Fsp3) is 0.292. The minimum atomic E-state index is -0.499. The number of rotatable bonds is 4. The number of piperazine rings is 1. The van der Waals surface area contributed by atoms with Crippen molar-refractivity contribution in [3.63, 3.8) is 0 Å². The number of nitrogens with two attached hydrogens (primary N) is 1. The Bertz CT molecular complexity index is 1150. The first kappa shape index (κ1) is 22.8. The first-order chi connectivity index (χ1) is 16.5. The third-order valence-corrected chi connectivity index (χ3v) is 7.13. The average molecular weight is 504 g/mol. The van der Waals surface area contributed by atoms with Crippen molar-refractivity contribution < 1.29 is 14.6 Å². The molecule has 3 aliphatic heterocycles. The van der Waals surface area contributed by atoms with Crippen molar-refractivity contribution in [1.29, 1.82) is 0 Å². The number of allylic oxidation sites excluding steroid dienone is 1. The van der Waals surface area contributed by atoms with Crippen molar-refractivity contribution in [3.8, 4) is 0 Å². The van der Waals surface area contributed by atoms with E-state index in [0.717, 1.165) is 24.6 Å². The number of hydrogen-bond donors (Lipinski definition) is 3. The molecule has 0 aromatic heterocycles. The maximum atomic E-state index is 14.0. The van der Waals surface area contributed by atoms with Crippen molar-refractivity contribution in [3.05, 3.63) is 87.2 Å². The van der Waals surface area contributed by atoms with Crippen molar-refractivity contribution in [2.24, 2.45) is 0 Å². The number of quaternary nitrogens is 1. The number of nitrogens with one attached hydrogen (secondary N) is 2. The van der Waals surface area contributed by atoms with Gasteiger partial charge in [-0.15, -0.1) is 0 Å². The summed E-state index contributed by atoms with van der Waals surface area (Å²) in [4.78, 5) is 19.5. The first-order valence-corrected chi connectivity index (χ1v) is 12.0. The molecule has 2 aromatic carbocycles. The van der Waals surface area contributed by atoms with Crippen LogP contribution in [0.5, 0.6) is 0 Å². The third-order valence-electron chi connectivity index (χ3n) is 6.37. The van der Waals surface area contributed by atoms with Gasteiger partial charge in [-0.1, -0.05) is 41.4 Å². The van der Waals surface area contributed by atoms with E-state index in [-0.39, 0.29) is 10.9 Å². The van der Waals surface area contributed by atoms with Crippen LogP contribution in [-0.4, -0.2) is 55.0 Å². The van der Waals surface area contributed by atoms with Gasteiger partial charge in [-0.2, -0.15) is 0 Å². The SMILES string of the molecule is O=C(C1=CC2=C(NCCN2Cc2c(Cl)ccc(F)c2Cl)N[NH2+]1)N1CCN(c2ccccc2)CC1. The first-order valence-electron chi connectivity index (χ1n) is 11.3. The number of amides is 1. The molecule has 34 heavy (non-hydrogen) atoms. The second-order valence-electron chi connectivity index (χ2n) is 8.43. The Balaban J connectivity index is 1.31. The van der Waals surface area contributed by atoms with Crippen LogP contribution in [0.2, 0.25) is 10.0 Å². The Morgan fingerprint density at radius 3 is 2.56 bits per heavy atom. The van der Waals surface area contributed by atoms with Gasteiger partial charge in [0, 0.05) is 68.2 Å². The molecule has 0 unspecified atom stereocenters. The largest absolute Gasteiger partial charge is 0.368 e. The third kappa shape index (κ3) is 4.53. The highest BCUT2D eigenvalue weighted by atomic mass is 35.5. The number of carbonyl (C=O) groups excluding carboxylic acids is 1. The number of halogens is 3. The lowest BCUT2D eigenvalue weighted by molar-refractivity contribution is -0.656. The van der Waals surface area contributed by atoms with Crippen LogP contribution >= 0.6 is 23.2 Å². The second kappa shape index (κ2) is 9.74. The summed E-state index contributed by atoms with van der Waals surface area (Å²) in [7, 11) is 0. The van der Waals surface area contributed by atoms with Crippen LogP contribution in [0.15, 0.2) is 65.8 Å². The number of para-hydroxylation sites is 1. The van der Waals surface area contributed by atoms with Crippen LogP contribution in [0.25, 0.3) is 0 Å². The van der Waals surface area contributed by atoms with Crippen LogP contribution < -0.4 is 21.1 Å². The molecular weight excluding hydrogens is 478 g/mol. The van der Waals surface area contributed by atoms with Crippen LogP contribution in [0.3, 0.4) is 0 Å². The van der Waals surface area contributed by atoms with Gasteiger partial charge < -0.3 is 20.0 Å². The van der Waals surface area contributed by atoms with Crippen LogP contribution in [0, 0.1) is 5.82 Å². The maximum absolute atomic E-state index is 14.0. The Kier molecular flexibility index (Phi) is 6.54. The van der Waals surface area contributed by atoms with Gasteiger partial charge in [-0.25, -0.2) is 15.2 Å². The number of nitrogens with zero attached hydrogens (tertiary/aromatic N) is 3.